The average Bonchev–Trinajstić information content (AvgIpc) is 3.04. The van der Waals surface area contributed by atoms with Gasteiger partial charge in [-0.15, -0.1) is 0 Å². The Morgan fingerprint density at radius 3 is 2.29 bits per heavy atom. The minimum atomic E-state index is 0.949. The van der Waals surface area contributed by atoms with Crippen molar-refractivity contribution < 1.29 is 4.42 Å². The highest BCUT2D eigenvalue weighted by Crippen LogP contribution is 2.28. The molecule has 1 heterocycles. The number of benzene rings is 2. The van der Waals surface area contributed by atoms with Crippen molar-refractivity contribution in [1.29, 1.82) is 0 Å². The second-order valence-electron chi connectivity index (χ2n) is 5.49. The molecule has 0 fully saturated rings. The van der Waals surface area contributed by atoms with E-state index < -0.39 is 0 Å². The summed E-state index contributed by atoms with van der Waals surface area (Å²) in [5, 5.41) is 0. The molecule has 0 aliphatic carbocycles. The third kappa shape index (κ3) is 2.92. The highest BCUT2D eigenvalue weighted by atomic mass is 16.3. The quantitative estimate of drug-likeness (QED) is 0.626. The van der Waals surface area contributed by atoms with E-state index in [0.29, 0.717) is 0 Å². The van der Waals surface area contributed by atoms with Gasteiger partial charge in [-0.25, -0.2) is 0 Å². The fourth-order valence-corrected chi connectivity index (χ4v) is 2.77. The minimum absolute atomic E-state index is 0.949. The van der Waals surface area contributed by atoms with Crippen molar-refractivity contribution in [3.8, 4) is 11.3 Å². The van der Waals surface area contributed by atoms with Crippen LogP contribution in [-0.4, -0.2) is 0 Å². The third-order valence-electron chi connectivity index (χ3n) is 4.21. The van der Waals surface area contributed by atoms with E-state index in [1.54, 1.807) is 6.26 Å². The molecular weight excluding hydrogens is 256 g/mol. The van der Waals surface area contributed by atoms with Gasteiger partial charge in [0, 0.05) is 5.56 Å². The maximum Gasteiger partial charge on any atom is 0.134 e. The van der Waals surface area contributed by atoms with Gasteiger partial charge in [0.1, 0.15) is 5.76 Å². The molecule has 0 bridgehead atoms. The van der Waals surface area contributed by atoms with Gasteiger partial charge in [0.25, 0.3) is 0 Å². The van der Waals surface area contributed by atoms with Crippen LogP contribution in [0.1, 0.15) is 22.3 Å². The topological polar surface area (TPSA) is 13.1 Å². The van der Waals surface area contributed by atoms with Crippen LogP contribution in [0.15, 0.2) is 65.3 Å². The van der Waals surface area contributed by atoms with Gasteiger partial charge in [0.2, 0.25) is 0 Å². The Labute approximate surface area is 126 Å². The van der Waals surface area contributed by atoms with Crippen molar-refractivity contribution in [3.05, 3.63) is 83.1 Å². The highest BCUT2D eigenvalue weighted by Gasteiger charge is 2.10. The summed E-state index contributed by atoms with van der Waals surface area (Å²) < 4.78 is 5.52. The van der Waals surface area contributed by atoms with Gasteiger partial charge in [0.15, 0.2) is 0 Å². The molecule has 0 spiro atoms. The number of furan rings is 1. The van der Waals surface area contributed by atoms with Crippen LogP contribution < -0.4 is 0 Å². The first kappa shape index (κ1) is 13.7. The van der Waals surface area contributed by atoms with Crippen LogP contribution in [-0.2, 0) is 12.8 Å². The van der Waals surface area contributed by atoms with Crippen LogP contribution in [0.4, 0.5) is 0 Å². The lowest BCUT2D eigenvalue weighted by molar-refractivity contribution is 0.582. The second-order valence-corrected chi connectivity index (χ2v) is 5.49. The molecule has 0 aliphatic rings. The maximum atomic E-state index is 5.52. The molecule has 3 aromatic rings. The van der Waals surface area contributed by atoms with E-state index in [4.69, 9.17) is 4.42 Å². The predicted molar refractivity (Wildman–Crippen MR) is 87.5 cm³/mol. The molecule has 0 saturated carbocycles. The maximum absolute atomic E-state index is 5.52. The van der Waals surface area contributed by atoms with Crippen molar-refractivity contribution in [2.75, 3.05) is 0 Å². The Morgan fingerprint density at radius 2 is 1.57 bits per heavy atom. The van der Waals surface area contributed by atoms with Crippen LogP contribution in [0, 0.1) is 13.8 Å². The number of hydrogen-bond acceptors (Lipinski definition) is 1. The molecule has 0 unspecified atom stereocenters. The van der Waals surface area contributed by atoms with Crippen molar-refractivity contribution in [2.45, 2.75) is 26.7 Å². The second kappa shape index (κ2) is 6.01. The van der Waals surface area contributed by atoms with Crippen LogP contribution in [0.25, 0.3) is 11.3 Å². The van der Waals surface area contributed by atoms with E-state index in [-0.39, 0.29) is 0 Å². The van der Waals surface area contributed by atoms with Crippen molar-refractivity contribution in [2.24, 2.45) is 0 Å². The minimum Gasteiger partial charge on any atom is -0.464 e. The van der Waals surface area contributed by atoms with Crippen molar-refractivity contribution in [3.63, 3.8) is 0 Å². The SMILES string of the molecule is Cc1c(CCc2ccccc2)ccc(-c2ccco2)c1C. The molecule has 0 atom stereocenters. The lowest BCUT2D eigenvalue weighted by atomic mass is 9.93. The smallest absolute Gasteiger partial charge is 0.134 e. The Balaban J connectivity index is 1.83. The van der Waals surface area contributed by atoms with Crippen LogP contribution in [0.3, 0.4) is 0 Å². The van der Waals surface area contributed by atoms with Crippen molar-refractivity contribution >= 4 is 0 Å². The Kier molecular flexibility index (Phi) is 3.92. The Morgan fingerprint density at radius 1 is 0.762 bits per heavy atom. The van der Waals surface area contributed by atoms with E-state index in [1.807, 2.05) is 12.1 Å². The fraction of sp³-hybridized carbons (Fsp3) is 0.200. The molecule has 1 nitrogen and oxygen atoms in total. The molecule has 2 aromatic carbocycles. The first-order valence-electron chi connectivity index (χ1n) is 7.42. The van der Waals surface area contributed by atoms with Gasteiger partial charge in [-0.2, -0.15) is 0 Å². The summed E-state index contributed by atoms with van der Waals surface area (Å²) >= 11 is 0. The summed E-state index contributed by atoms with van der Waals surface area (Å²) in [5.74, 6) is 0.949. The summed E-state index contributed by atoms with van der Waals surface area (Å²) in [4.78, 5) is 0. The first-order chi connectivity index (χ1) is 10.3. The molecule has 21 heavy (non-hydrogen) atoms. The average molecular weight is 276 g/mol. The van der Waals surface area contributed by atoms with E-state index >= 15 is 0 Å². The molecule has 106 valence electrons. The Hall–Kier alpha value is -2.28. The number of rotatable bonds is 4. The number of aryl methyl sites for hydroxylation is 2. The van der Waals surface area contributed by atoms with Crippen molar-refractivity contribution in [1.82, 2.24) is 0 Å². The molecular formula is C20H20O. The largest absolute Gasteiger partial charge is 0.464 e. The zero-order valence-corrected chi connectivity index (χ0v) is 12.6. The standard InChI is InChI=1S/C20H20O/c1-15-16(2)19(20-9-6-14-21-20)13-12-18(15)11-10-17-7-4-3-5-8-17/h3-9,12-14H,10-11H2,1-2H3. The third-order valence-corrected chi connectivity index (χ3v) is 4.21. The highest BCUT2D eigenvalue weighted by molar-refractivity contribution is 5.64. The van der Waals surface area contributed by atoms with E-state index in [9.17, 15) is 0 Å². The molecule has 0 aliphatic heterocycles. The lowest BCUT2D eigenvalue weighted by Crippen LogP contribution is -1.97. The zero-order chi connectivity index (χ0) is 14.7. The molecule has 0 radical (unpaired) electrons. The normalized spacial score (nSPS) is 10.8. The predicted octanol–water partition coefficient (Wildman–Crippen LogP) is 5.35. The summed E-state index contributed by atoms with van der Waals surface area (Å²) in [6, 6.07) is 19.0. The zero-order valence-electron chi connectivity index (χ0n) is 12.6. The summed E-state index contributed by atoms with van der Waals surface area (Å²) in [6.45, 7) is 4.39. The van der Waals surface area contributed by atoms with Gasteiger partial charge in [-0.1, -0.05) is 42.5 Å². The van der Waals surface area contributed by atoms with E-state index in [2.05, 4.69) is 56.3 Å². The lowest BCUT2D eigenvalue weighted by Gasteiger charge is -2.12. The molecule has 1 heteroatoms. The van der Waals surface area contributed by atoms with Gasteiger partial charge in [-0.3, -0.25) is 0 Å². The first-order valence-corrected chi connectivity index (χ1v) is 7.42. The van der Waals surface area contributed by atoms with E-state index in [0.717, 1.165) is 18.6 Å². The summed E-state index contributed by atoms with van der Waals surface area (Å²) in [6.07, 6.45) is 3.89. The number of hydrogen-bond donors (Lipinski definition) is 0. The van der Waals surface area contributed by atoms with Gasteiger partial charge in [0.05, 0.1) is 6.26 Å². The molecule has 1 aromatic heterocycles. The summed E-state index contributed by atoms with van der Waals surface area (Å²) in [7, 11) is 0. The fourth-order valence-electron chi connectivity index (χ4n) is 2.77. The monoisotopic (exact) mass is 276 g/mol. The summed E-state index contributed by atoms with van der Waals surface area (Å²) in [5.41, 5.74) is 6.70. The van der Waals surface area contributed by atoms with Gasteiger partial charge < -0.3 is 4.42 Å². The van der Waals surface area contributed by atoms with Gasteiger partial charge in [-0.05, 0) is 61.1 Å². The molecule has 0 N–H and O–H groups in total. The Bertz CT molecular complexity index is 709. The van der Waals surface area contributed by atoms with Gasteiger partial charge >= 0.3 is 0 Å². The van der Waals surface area contributed by atoms with Crippen LogP contribution in [0.2, 0.25) is 0 Å². The van der Waals surface area contributed by atoms with Crippen LogP contribution in [0.5, 0.6) is 0 Å². The molecule has 3 rings (SSSR count). The van der Waals surface area contributed by atoms with Crippen LogP contribution >= 0.6 is 0 Å². The van der Waals surface area contributed by atoms with E-state index in [1.165, 1.54) is 27.8 Å². The molecule has 0 amide bonds. The molecule has 0 saturated heterocycles.